The van der Waals surface area contributed by atoms with E-state index in [1.54, 1.807) is 4.90 Å². The molecule has 0 bridgehead atoms. The molecule has 0 aliphatic carbocycles. The van der Waals surface area contributed by atoms with E-state index in [4.69, 9.17) is 0 Å². The number of rotatable bonds is 8. The van der Waals surface area contributed by atoms with Crippen LogP contribution in [0.2, 0.25) is 0 Å². The van der Waals surface area contributed by atoms with Crippen molar-refractivity contribution in [2.45, 2.75) is 57.5 Å². The number of aliphatic hydroxyl groups excluding tert-OH is 3. The smallest absolute Gasteiger partial charge is 0.236 e. The van der Waals surface area contributed by atoms with Crippen molar-refractivity contribution in [3.63, 3.8) is 0 Å². The predicted octanol–water partition coefficient (Wildman–Crippen LogP) is -2.70. The number of aliphatic hydroxyl groups is 3. The topological polar surface area (TPSA) is 137 Å². The molecular weight excluding hydrogens is 342 g/mol. The van der Waals surface area contributed by atoms with Gasteiger partial charge in [-0.25, -0.2) is 4.90 Å². The molecule has 2 saturated heterocycles. The quantitative estimate of drug-likeness (QED) is 0.253. The highest BCUT2D eigenvalue weighted by Gasteiger charge is 2.32. The number of hydrogen-bond donors (Lipinski definition) is 6. The van der Waals surface area contributed by atoms with Gasteiger partial charge in [0.1, 0.15) is 12.5 Å². The van der Waals surface area contributed by atoms with Gasteiger partial charge in [0.25, 0.3) is 0 Å². The van der Waals surface area contributed by atoms with Gasteiger partial charge in [-0.05, 0) is 25.7 Å². The largest absolute Gasteiger partial charge is 0.377 e. The van der Waals surface area contributed by atoms with E-state index in [1.807, 2.05) is 6.92 Å². The van der Waals surface area contributed by atoms with Crippen molar-refractivity contribution in [2.24, 2.45) is 0 Å². The Kier molecular flexibility index (Phi) is 8.19. The number of piperidine rings is 1. The Balaban J connectivity index is 1.75. The zero-order chi connectivity index (χ0) is 19.1. The summed E-state index contributed by atoms with van der Waals surface area (Å²) in [5.41, 5.74) is 0. The molecule has 0 saturated carbocycles. The molecule has 10 heteroatoms. The summed E-state index contributed by atoms with van der Waals surface area (Å²) < 4.78 is 0. The van der Waals surface area contributed by atoms with Crippen LogP contribution in [0.5, 0.6) is 0 Å². The minimum atomic E-state index is -1.08. The zero-order valence-electron chi connectivity index (χ0n) is 15.2. The third-order valence-electron chi connectivity index (χ3n) is 4.84. The van der Waals surface area contributed by atoms with Gasteiger partial charge in [0, 0.05) is 19.6 Å². The normalized spacial score (nSPS) is 26.5. The van der Waals surface area contributed by atoms with Crippen molar-refractivity contribution in [1.29, 1.82) is 0 Å². The monoisotopic (exact) mass is 373 g/mol. The van der Waals surface area contributed by atoms with Crippen molar-refractivity contribution in [1.82, 2.24) is 25.8 Å². The van der Waals surface area contributed by atoms with Crippen LogP contribution in [0.4, 0.5) is 0 Å². The summed E-state index contributed by atoms with van der Waals surface area (Å²) in [6.07, 6.45) is 0.517. The highest BCUT2D eigenvalue weighted by molar-refractivity contribution is 5.79. The van der Waals surface area contributed by atoms with E-state index < -0.39 is 30.8 Å². The van der Waals surface area contributed by atoms with Crippen LogP contribution in [0.25, 0.3) is 0 Å². The number of likely N-dealkylation sites (tertiary alicyclic amines) is 1. The first-order chi connectivity index (χ1) is 12.4. The van der Waals surface area contributed by atoms with Gasteiger partial charge in [-0.1, -0.05) is 6.92 Å². The Morgan fingerprint density at radius 2 is 1.92 bits per heavy atom. The SMILES string of the molecule is CCC(NC(=O)CN1C(O)CNC1O)C(O)NCC(=O)N1CCCCC1. The molecule has 4 unspecified atom stereocenters. The minimum Gasteiger partial charge on any atom is -0.377 e. The Morgan fingerprint density at radius 3 is 2.50 bits per heavy atom. The minimum absolute atomic E-state index is 0.0149. The predicted molar refractivity (Wildman–Crippen MR) is 93.4 cm³/mol. The summed E-state index contributed by atoms with van der Waals surface area (Å²) in [4.78, 5) is 27.3. The maximum Gasteiger partial charge on any atom is 0.236 e. The summed E-state index contributed by atoms with van der Waals surface area (Å²) in [7, 11) is 0. The molecule has 2 rings (SSSR count). The lowest BCUT2D eigenvalue weighted by atomic mass is 10.1. The number of carbonyl (C=O) groups is 2. The lowest BCUT2D eigenvalue weighted by Crippen LogP contribution is -2.54. The van der Waals surface area contributed by atoms with E-state index in [0.717, 1.165) is 32.4 Å². The van der Waals surface area contributed by atoms with Crippen LogP contribution >= 0.6 is 0 Å². The van der Waals surface area contributed by atoms with Gasteiger partial charge in [-0.2, -0.15) is 0 Å². The molecule has 2 aliphatic rings. The summed E-state index contributed by atoms with van der Waals surface area (Å²) in [6.45, 7) is 3.29. The molecule has 2 heterocycles. The highest BCUT2D eigenvalue weighted by Crippen LogP contribution is 2.09. The van der Waals surface area contributed by atoms with Crippen molar-refractivity contribution < 1.29 is 24.9 Å². The van der Waals surface area contributed by atoms with Crippen LogP contribution in [-0.4, -0.2) is 94.5 Å². The zero-order valence-corrected chi connectivity index (χ0v) is 15.2. The molecule has 150 valence electrons. The molecule has 0 spiro atoms. The van der Waals surface area contributed by atoms with E-state index >= 15 is 0 Å². The van der Waals surface area contributed by atoms with Crippen LogP contribution in [0.1, 0.15) is 32.6 Å². The standard InChI is InChI=1S/C16H31N5O5/c1-2-11(19-12(22)10-21-14(24)9-18-16(21)26)15(25)17-8-13(23)20-6-4-3-5-7-20/h11,14-18,24-26H,2-10H2,1H3,(H,19,22). The van der Waals surface area contributed by atoms with Crippen molar-refractivity contribution in [3.05, 3.63) is 0 Å². The van der Waals surface area contributed by atoms with Gasteiger partial charge in [-0.15, -0.1) is 0 Å². The number of hydrogen-bond acceptors (Lipinski definition) is 8. The van der Waals surface area contributed by atoms with Gasteiger partial charge < -0.3 is 25.5 Å². The number of carbonyl (C=O) groups excluding carboxylic acids is 2. The molecule has 10 nitrogen and oxygen atoms in total. The van der Waals surface area contributed by atoms with E-state index in [-0.39, 0.29) is 25.5 Å². The Morgan fingerprint density at radius 1 is 1.23 bits per heavy atom. The van der Waals surface area contributed by atoms with Crippen LogP contribution in [0, 0.1) is 0 Å². The lowest BCUT2D eigenvalue weighted by Gasteiger charge is -2.29. The number of nitrogens with zero attached hydrogens (tertiary/aromatic N) is 2. The average molecular weight is 373 g/mol. The molecule has 0 radical (unpaired) electrons. The number of β-amino-alcohol motifs (C(OH)–C–C–N with tert-alkyl or cyclic N) is 1. The van der Waals surface area contributed by atoms with Gasteiger partial charge in [-0.3, -0.25) is 20.2 Å². The Hall–Kier alpha value is -1.30. The Bertz CT molecular complexity index is 464. The first-order valence-corrected chi connectivity index (χ1v) is 9.26. The second-order valence-corrected chi connectivity index (χ2v) is 6.78. The fourth-order valence-electron chi connectivity index (χ4n) is 3.21. The first-order valence-electron chi connectivity index (χ1n) is 9.26. The maximum absolute atomic E-state index is 12.1. The second-order valence-electron chi connectivity index (χ2n) is 6.78. The lowest BCUT2D eigenvalue weighted by molar-refractivity contribution is -0.132. The average Bonchev–Trinajstić information content (AvgIpc) is 2.96. The van der Waals surface area contributed by atoms with Crippen LogP contribution in [-0.2, 0) is 9.59 Å². The van der Waals surface area contributed by atoms with Crippen LogP contribution in [0.3, 0.4) is 0 Å². The third kappa shape index (κ3) is 5.86. The highest BCUT2D eigenvalue weighted by atomic mass is 16.3. The molecule has 2 aliphatic heterocycles. The molecule has 0 aromatic heterocycles. The fourth-order valence-corrected chi connectivity index (χ4v) is 3.21. The van der Waals surface area contributed by atoms with Gasteiger partial charge >= 0.3 is 0 Å². The Labute approximate surface area is 153 Å². The molecule has 0 aromatic rings. The molecule has 26 heavy (non-hydrogen) atoms. The molecule has 2 fully saturated rings. The fraction of sp³-hybridized carbons (Fsp3) is 0.875. The molecule has 0 aromatic carbocycles. The molecule has 6 N–H and O–H groups in total. The van der Waals surface area contributed by atoms with Crippen LogP contribution in [0.15, 0.2) is 0 Å². The maximum atomic E-state index is 12.1. The van der Waals surface area contributed by atoms with E-state index in [0.29, 0.717) is 6.42 Å². The van der Waals surface area contributed by atoms with Crippen molar-refractivity contribution in [2.75, 3.05) is 32.7 Å². The molecular formula is C16H31N5O5. The molecule has 2 amide bonds. The summed E-state index contributed by atoms with van der Waals surface area (Å²) in [5, 5.41) is 37.7. The van der Waals surface area contributed by atoms with Crippen molar-refractivity contribution >= 4 is 11.8 Å². The summed E-state index contributed by atoms with van der Waals surface area (Å²) in [5.74, 6) is -0.485. The van der Waals surface area contributed by atoms with E-state index in [1.165, 1.54) is 4.90 Å². The van der Waals surface area contributed by atoms with Gasteiger partial charge in [0.2, 0.25) is 11.8 Å². The third-order valence-corrected chi connectivity index (χ3v) is 4.84. The number of nitrogens with one attached hydrogen (secondary N) is 3. The van der Waals surface area contributed by atoms with Crippen molar-refractivity contribution in [3.8, 4) is 0 Å². The van der Waals surface area contributed by atoms with Gasteiger partial charge in [0.15, 0.2) is 6.35 Å². The van der Waals surface area contributed by atoms with E-state index in [9.17, 15) is 24.9 Å². The van der Waals surface area contributed by atoms with E-state index in [2.05, 4.69) is 16.0 Å². The van der Waals surface area contributed by atoms with Crippen LogP contribution < -0.4 is 16.0 Å². The second kappa shape index (κ2) is 10.1. The summed E-state index contributed by atoms with van der Waals surface area (Å²) in [6, 6.07) is -0.582. The van der Waals surface area contributed by atoms with Gasteiger partial charge in [0.05, 0.1) is 19.1 Å². The summed E-state index contributed by atoms with van der Waals surface area (Å²) >= 11 is 0. The molecule has 4 atom stereocenters. The first kappa shape index (κ1) is 21.0. The number of amides is 2.